The monoisotopic (exact) mass is 224 g/mol. The Labute approximate surface area is 96.0 Å². The van der Waals surface area contributed by atoms with Crippen molar-refractivity contribution in [2.75, 3.05) is 11.9 Å². The van der Waals surface area contributed by atoms with Crippen LogP contribution in [0.4, 0.5) is 5.82 Å². The van der Waals surface area contributed by atoms with Gasteiger partial charge in [-0.15, -0.1) is 0 Å². The molecule has 0 saturated carbocycles. The van der Waals surface area contributed by atoms with Crippen LogP contribution in [0.3, 0.4) is 0 Å². The molecule has 1 amide bonds. The molecule has 0 radical (unpaired) electrons. The molecule has 3 N–H and O–H groups in total. The standard InChI is InChI=1S/C11H20N4O/c1-8(2)6-9(7-12)11(16)14-10-4-5-13-15(10)3/h4-5,8-9H,6-7,12H2,1-3H3,(H,14,16). The van der Waals surface area contributed by atoms with Gasteiger partial charge in [0.1, 0.15) is 5.82 Å². The molecular weight excluding hydrogens is 204 g/mol. The van der Waals surface area contributed by atoms with Crippen molar-refractivity contribution in [3.8, 4) is 0 Å². The molecule has 5 nitrogen and oxygen atoms in total. The average Bonchev–Trinajstić information content (AvgIpc) is 2.60. The van der Waals surface area contributed by atoms with Crippen molar-refractivity contribution in [2.45, 2.75) is 20.3 Å². The number of rotatable bonds is 5. The minimum atomic E-state index is -0.130. The summed E-state index contributed by atoms with van der Waals surface area (Å²) in [7, 11) is 1.79. The SMILES string of the molecule is CC(C)CC(CN)C(=O)Nc1ccnn1C. The third-order valence-corrected chi connectivity index (χ3v) is 2.48. The molecule has 1 unspecified atom stereocenters. The Hall–Kier alpha value is -1.36. The Morgan fingerprint density at radius 1 is 1.62 bits per heavy atom. The summed E-state index contributed by atoms with van der Waals surface area (Å²) in [5.74, 6) is 1.01. The van der Waals surface area contributed by atoms with Gasteiger partial charge in [-0.3, -0.25) is 9.48 Å². The summed E-state index contributed by atoms with van der Waals surface area (Å²) in [6.45, 7) is 4.54. The van der Waals surface area contributed by atoms with E-state index in [9.17, 15) is 4.79 Å². The predicted octanol–water partition coefficient (Wildman–Crippen LogP) is 0.980. The molecule has 0 fully saturated rings. The van der Waals surface area contributed by atoms with Gasteiger partial charge in [0.15, 0.2) is 0 Å². The molecule has 0 aliphatic carbocycles. The molecule has 1 aromatic rings. The first-order valence-corrected chi connectivity index (χ1v) is 5.53. The van der Waals surface area contributed by atoms with Gasteiger partial charge >= 0.3 is 0 Å². The number of nitrogens with one attached hydrogen (secondary N) is 1. The van der Waals surface area contributed by atoms with Crippen molar-refractivity contribution in [3.63, 3.8) is 0 Å². The van der Waals surface area contributed by atoms with Gasteiger partial charge in [-0.1, -0.05) is 13.8 Å². The number of hydrogen-bond acceptors (Lipinski definition) is 3. The highest BCUT2D eigenvalue weighted by Crippen LogP contribution is 2.13. The second-order valence-electron chi connectivity index (χ2n) is 4.39. The molecule has 5 heteroatoms. The average molecular weight is 224 g/mol. The number of carbonyl (C=O) groups is 1. The third kappa shape index (κ3) is 3.34. The molecule has 0 spiro atoms. The van der Waals surface area contributed by atoms with E-state index in [4.69, 9.17) is 5.73 Å². The fourth-order valence-corrected chi connectivity index (χ4v) is 1.60. The molecule has 1 heterocycles. The zero-order chi connectivity index (χ0) is 12.1. The van der Waals surface area contributed by atoms with Crippen LogP contribution in [0.5, 0.6) is 0 Å². The molecular formula is C11H20N4O. The van der Waals surface area contributed by atoms with E-state index in [1.165, 1.54) is 0 Å². The van der Waals surface area contributed by atoms with Crippen molar-refractivity contribution in [3.05, 3.63) is 12.3 Å². The van der Waals surface area contributed by atoms with Crippen LogP contribution in [0.15, 0.2) is 12.3 Å². The lowest BCUT2D eigenvalue weighted by Crippen LogP contribution is -2.31. The summed E-state index contributed by atoms with van der Waals surface area (Å²) in [6, 6.07) is 1.76. The first kappa shape index (κ1) is 12.7. The fraction of sp³-hybridized carbons (Fsp3) is 0.636. The number of carbonyl (C=O) groups excluding carboxylic acids is 1. The minimum absolute atomic E-state index is 0.0280. The number of amides is 1. The smallest absolute Gasteiger partial charge is 0.229 e. The second-order valence-corrected chi connectivity index (χ2v) is 4.39. The van der Waals surface area contributed by atoms with E-state index in [1.54, 1.807) is 24.0 Å². The highest BCUT2D eigenvalue weighted by atomic mass is 16.2. The number of aryl methyl sites for hydroxylation is 1. The van der Waals surface area contributed by atoms with Gasteiger partial charge in [-0.2, -0.15) is 5.10 Å². The summed E-state index contributed by atoms with van der Waals surface area (Å²) < 4.78 is 1.63. The number of aromatic nitrogens is 2. The molecule has 1 aromatic heterocycles. The van der Waals surface area contributed by atoms with Crippen LogP contribution in [-0.2, 0) is 11.8 Å². The van der Waals surface area contributed by atoms with Crippen LogP contribution >= 0.6 is 0 Å². The van der Waals surface area contributed by atoms with Crippen molar-refractivity contribution < 1.29 is 4.79 Å². The maximum Gasteiger partial charge on any atom is 0.229 e. The largest absolute Gasteiger partial charge is 0.330 e. The Bertz CT molecular complexity index is 346. The first-order valence-electron chi connectivity index (χ1n) is 5.53. The molecule has 1 atom stereocenters. The van der Waals surface area contributed by atoms with Gasteiger partial charge in [0.2, 0.25) is 5.91 Å². The molecule has 0 bridgehead atoms. The summed E-state index contributed by atoms with van der Waals surface area (Å²) in [5.41, 5.74) is 5.61. The van der Waals surface area contributed by atoms with Gasteiger partial charge in [0, 0.05) is 19.7 Å². The molecule has 90 valence electrons. The van der Waals surface area contributed by atoms with Gasteiger partial charge in [-0.25, -0.2) is 0 Å². The van der Waals surface area contributed by atoms with Gasteiger partial charge in [0.25, 0.3) is 0 Å². The molecule has 0 aliphatic rings. The van der Waals surface area contributed by atoms with Crippen LogP contribution in [0, 0.1) is 11.8 Å². The second kappa shape index (κ2) is 5.65. The maximum absolute atomic E-state index is 11.9. The zero-order valence-electron chi connectivity index (χ0n) is 10.1. The zero-order valence-corrected chi connectivity index (χ0v) is 10.1. The van der Waals surface area contributed by atoms with Gasteiger partial charge < -0.3 is 11.1 Å². The normalized spacial score (nSPS) is 12.8. The van der Waals surface area contributed by atoms with Crippen LogP contribution in [0.2, 0.25) is 0 Å². The molecule has 0 aromatic carbocycles. The Morgan fingerprint density at radius 3 is 2.75 bits per heavy atom. The Morgan fingerprint density at radius 2 is 2.31 bits per heavy atom. The Balaban J connectivity index is 2.59. The first-order chi connectivity index (χ1) is 7.54. The van der Waals surface area contributed by atoms with Crippen molar-refractivity contribution in [2.24, 2.45) is 24.6 Å². The lowest BCUT2D eigenvalue weighted by Gasteiger charge is -2.16. The molecule has 16 heavy (non-hydrogen) atoms. The lowest BCUT2D eigenvalue weighted by molar-refractivity contribution is -0.120. The summed E-state index contributed by atoms with van der Waals surface area (Å²) in [5, 5.41) is 6.81. The number of anilines is 1. The maximum atomic E-state index is 11.9. The van der Waals surface area contributed by atoms with E-state index in [1.807, 2.05) is 0 Å². The lowest BCUT2D eigenvalue weighted by atomic mass is 9.96. The quantitative estimate of drug-likeness (QED) is 0.783. The highest BCUT2D eigenvalue weighted by molar-refractivity contribution is 5.91. The molecule has 0 aliphatic heterocycles. The summed E-state index contributed by atoms with van der Waals surface area (Å²) in [6.07, 6.45) is 2.45. The van der Waals surface area contributed by atoms with Crippen LogP contribution in [0.1, 0.15) is 20.3 Å². The number of nitrogens with zero attached hydrogens (tertiary/aromatic N) is 2. The topological polar surface area (TPSA) is 72.9 Å². The minimum Gasteiger partial charge on any atom is -0.330 e. The van der Waals surface area contributed by atoms with E-state index in [-0.39, 0.29) is 11.8 Å². The molecule has 1 rings (SSSR count). The van der Waals surface area contributed by atoms with Crippen molar-refractivity contribution in [1.82, 2.24) is 9.78 Å². The Kier molecular flexibility index (Phi) is 4.49. The van der Waals surface area contributed by atoms with Gasteiger partial charge in [0.05, 0.1) is 12.1 Å². The third-order valence-electron chi connectivity index (χ3n) is 2.48. The van der Waals surface area contributed by atoms with E-state index in [2.05, 4.69) is 24.3 Å². The predicted molar refractivity (Wildman–Crippen MR) is 63.8 cm³/mol. The number of hydrogen-bond donors (Lipinski definition) is 2. The summed E-state index contributed by atoms with van der Waals surface area (Å²) >= 11 is 0. The van der Waals surface area contributed by atoms with Crippen LogP contribution in [-0.4, -0.2) is 22.2 Å². The van der Waals surface area contributed by atoms with E-state index < -0.39 is 0 Å². The molecule has 0 saturated heterocycles. The van der Waals surface area contributed by atoms with Gasteiger partial charge in [-0.05, 0) is 12.3 Å². The highest BCUT2D eigenvalue weighted by Gasteiger charge is 2.18. The van der Waals surface area contributed by atoms with Crippen LogP contribution < -0.4 is 11.1 Å². The van der Waals surface area contributed by atoms with Crippen molar-refractivity contribution in [1.29, 1.82) is 0 Å². The van der Waals surface area contributed by atoms with E-state index in [0.717, 1.165) is 6.42 Å². The van der Waals surface area contributed by atoms with E-state index >= 15 is 0 Å². The van der Waals surface area contributed by atoms with Crippen molar-refractivity contribution >= 4 is 11.7 Å². The summed E-state index contributed by atoms with van der Waals surface area (Å²) in [4.78, 5) is 11.9. The fourth-order valence-electron chi connectivity index (χ4n) is 1.60. The van der Waals surface area contributed by atoms with E-state index in [0.29, 0.717) is 18.3 Å². The van der Waals surface area contributed by atoms with Crippen LogP contribution in [0.25, 0.3) is 0 Å². The number of nitrogens with two attached hydrogens (primary N) is 1.